The molecular formula is C18H18ClN3O2S. The van der Waals surface area contributed by atoms with Crippen LogP contribution in [0, 0.1) is 5.41 Å². The number of rotatable bonds is 1. The summed E-state index contributed by atoms with van der Waals surface area (Å²) in [5.74, 6) is -0.395. The van der Waals surface area contributed by atoms with Gasteiger partial charge in [0.2, 0.25) is 11.8 Å². The molecule has 2 saturated heterocycles. The van der Waals surface area contributed by atoms with E-state index in [9.17, 15) is 9.59 Å². The second-order valence-electron chi connectivity index (χ2n) is 7.40. The van der Waals surface area contributed by atoms with E-state index in [1.807, 2.05) is 18.2 Å². The summed E-state index contributed by atoms with van der Waals surface area (Å²) < 4.78 is 0. The van der Waals surface area contributed by atoms with E-state index in [4.69, 9.17) is 23.8 Å². The summed E-state index contributed by atoms with van der Waals surface area (Å²) in [6.07, 6.45) is 4.04. The Bertz CT molecular complexity index is 825. The van der Waals surface area contributed by atoms with Crippen LogP contribution in [0.3, 0.4) is 0 Å². The normalized spacial score (nSPS) is 31.2. The Balaban J connectivity index is 1.69. The highest BCUT2D eigenvalue weighted by atomic mass is 35.5. The summed E-state index contributed by atoms with van der Waals surface area (Å²) in [4.78, 5) is 30.6. The standard InChI is InChI=1S/C18H18ClN3O2S/c19-12-3-1-4-13-11(12)9-18(14-5-2-8-21(13)14)15(23)20-17(25)22(16(18)24)10-6-7-10/h1,3-4,10,14H,2,5-9H2,(H,20,23,25)/t14-,18-/m0/s1. The van der Waals surface area contributed by atoms with E-state index in [0.717, 1.165) is 43.5 Å². The van der Waals surface area contributed by atoms with E-state index in [0.29, 0.717) is 11.4 Å². The van der Waals surface area contributed by atoms with Gasteiger partial charge in [0.25, 0.3) is 0 Å². The van der Waals surface area contributed by atoms with Crippen molar-refractivity contribution < 1.29 is 9.59 Å². The molecule has 0 radical (unpaired) electrons. The SMILES string of the molecule is O=C1NC(=S)N(C2CC2)C(=O)[C@]12Cc1c(Cl)cccc1N1CCC[C@H]12. The van der Waals surface area contributed by atoms with Gasteiger partial charge in [-0.2, -0.15) is 0 Å². The maximum atomic E-state index is 13.6. The fraction of sp³-hybridized carbons (Fsp3) is 0.500. The highest BCUT2D eigenvalue weighted by Crippen LogP contribution is 2.50. The molecule has 3 aliphatic heterocycles. The average molecular weight is 376 g/mol. The van der Waals surface area contributed by atoms with E-state index in [2.05, 4.69) is 10.2 Å². The third-order valence-electron chi connectivity index (χ3n) is 6.04. The summed E-state index contributed by atoms with van der Waals surface area (Å²) in [7, 11) is 0. The van der Waals surface area contributed by atoms with Gasteiger partial charge >= 0.3 is 0 Å². The molecule has 0 bridgehead atoms. The van der Waals surface area contributed by atoms with Gasteiger partial charge in [0, 0.05) is 29.7 Å². The fourth-order valence-corrected chi connectivity index (χ4v) is 5.30. The summed E-state index contributed by atoms with van der Waals surface area (Å²) in [6, 6.07) is 5.82. The number of fused-ring (bicyclic) bond motifs is 4. The molecule has 0 unspecified atom stereocenters. The first-order valence-corrected chi connectivity index (χ1v) is 9.56. The molecule has 1 N–H and O–H groups in total. The Morgan fingerprint density at radius 1 is 1.24 bits per heavy atom. The van der Waals surface area contributed by atoms with Crippen molar-refractivity contribution in [1.29, 1.82) is 0 Å². The van der Waals surface area contributed by atoms with Crippen molar-refractivity contribution in [2.75, 3.05) is 11.4 Å². The Hall–Kier alpha value is -1.66. The molecule has 0 aromatic heterocycles. The highest BCUT2D eigenvalue weighted by molar-refractivity contribution is 7.80. The maximum absolute atomic E-state index is 13.6. The van der Waals surface area contributed by atoms with Gasteiger partial charge < -0.3 is 10.2 Å². The van der Waals surface area contributed by atoms with E-state index in [-0.39, 0.29) is 29.0 Å². The van der Waals surface area contributed by atoms with Gasteiger partial charge in [0.15, 0.2) is 10.5 Å². The Morgan fingerprint density at radius 3 is 2.80 bits per heavy atom. The topological polar surface area (TPSA) is 52.7 Å². The van der Waals surface area contributed by atoms with Crippen LogP contribution in [-0.2, 0) is 16.0 Å². The van der Waals surface area contributed by atoms with Gasteiger partial charge in [-0.15, -0.1) is 0 Å². The molecule has 5 nitrogen and oxygen atoms in total. The third-order valence-corrected chi connectivity index (χ3v) is 6.69. The first kappa shape index (κ1) is 15.6. The molecule has 4 aliphatic rings. The molecule has 1 aromatic carbocycles. The summed E-state index contributed by atoms with van der Waals surface area (Å²) >= 11 is 11.8. The van der Waals surface area contributed by atoms with Crippen LogP contribution < -0.4 is 10.2 Å². The first-order valence-electron chi connectivity index (χ1n) is 8.77. The van der Waals surface area contributed by atoms with Gasteiger partial charge in [-0.1, -0.05) is 17.7 Å². The van der Waals surface area contributed by atoms with Gasteiger partial charge in [0.1, 0.15) is 0 Å². The van der Waals surface area contributed by atoms with Crippen molar-refractivity contribution in [2.24, 2.45) is 5.41 Å². The van der Waals surface area contributed by atoms with Crippen LogP contribution >= 0.6 is 23.8 Å². The van der Waals surface area contributed by atoms with E-state index < -0.39 is 5.41 Å². The number of anilines is 1. The predicted molar refractivity (Wildman–Crippen MR) is 98.6 cm³/mol. The van der Waals surface area contributed by atoms with Gasteiger partial charge in [-0.05, 0) is 55.6 Å². The number of halogens is 1. The molecule has 2 amide bonds. The van der Waals surface area contributed by atoms with Gasteiger partial charge in [-0.25, -0.2) is 0 Å². The molecule has 5 rings (SSSR count). The molecule has 25 heavy (non-hydrogen) atoms. The zero-order valence-corrected chi connectivity index (χ0v) is 15.2. The number of benzene rings is 1. The smallest absolute Gasteiger partial charge is 0.247 e. The van der Waals surface area contributed by atoms with Crippen LogP contribution in [0.25, 0.3) is 0 Å². The Labute approximate surface area is 156 Å². The van der Waals surface area contributed by atoms with Crippen LogP contribution in [0.1, 0.15) is 31.2 Å². The van der Waals surface area contributed by atoms with E-state index in [1.54, 1.807) is 4.90 Å². The molecular weight excluding hydrogens is 358 g/mol. The molecule has 2 atom stereocenters. The minimum absolute atomic E-state index is 0.129. The second kappa shape index (κ2) is 5.17. The highest BCUT2D eigenvalue weighted by Gasteiger charge is 2.63. The number of thiocarbonyl (C=S) groups is 1. The van der Waals surface area contributed by atoms with Crippen molar-refractivity contribution >= 4 is 46.4 Å². The average Bonchev–Trinajstić information content (AvgIpc) is 3.27. The number of hydrogen-bond donors (Lipinski definition) is 1. The lowest BCUT2D eigenvalue weighted by molar-refractivity contribution is -0.152. The number of nitrogens with one attached hydrogen (secondary N) is 1. The predicted octanol–water partition coefficient (Wildman–Crippen LogP) is 2.26. The second-order valence-corrected chi connectivity index (χ2v) is 8.20. The van der Waals surface area contributed by atoms with Crippen molar-refractivity contribution in [1.82, 2.24) is 10.2 Å². The van der Waals surface area contributed by atoms with E-state index >= 15 is 0 Å². The lowest BCUT2D eigenvalue weighted by atomic mass is 9.68. The number of hydrogen-bond acceptors (Lipinski definition) is 4. The molecule has 1 aliphatic carbocycles. The molecule has 7 heteroatoms. The molecule has 130 valence electrons. The number of carbonyl (C=O) groups is 2. The lowest BCUT2D eigenvalue weighted by Crippen LogP contribution is -2.71. The fourth-order valence-electron chi connectivity index (χ4n) is 4.74. The maximum Gasteiger partial charge on any atom is 0.247 e. The first-order chi connectivity index (χ1) is 12.0. The molecule has 1 spiro atoms. The number of carbonyl (C=O) groups excluding carboxylic acids is 2. The van der Waals surface area contributed by atoms with Crippen LogP contribution in [0.2, 0.25) is 5.02 Å². The Morgan fingerprint density at radius 2 is 2.04 bits per heavy atom. The Kier molecular flexibility index (Phi) is 3.23. The monoisotopic (exact) mass is 375 g/mol. The minimum Gasteiger partial charge on any atom is -0.367 e. The molecule has 3 heterocycles. The largest absolute Gasteiger partial charge is 0.367 e. The zero-order valence-electron chi connectivity index (χ0n) is 13.6. The van der Waals surface area contributed by atoms with Crippen LogP contribution in [-0.4, -0.2) is 40.5 Å². The zero-order chi connectivity index (χ0) is 17.3. The quantitative estimate of drug-likeness (QED) is 0.604. The van der Waals surface area contributed by atoms with E-state index in [1.165, 1.54) is 0 Å². The third kappa shape index (κ3) is 1.98. The van der Waals surface area contributed by atoms with Crippen LogP contribution in [0.5, 0.6) is 0 Å². The number of amides is 2. The number of nitrogens with zero attached hydrogens (tertiary/aromatic N) is 2. The van der Waals surface area contributed by atoms with Crippen LogP contribution in [0.4, 0.5) is 5.69 Å². The lowest BCUT2D eigenvalue weighted by Gasteiger charge is -2.50. The van der Waals surface area contributed by atoms with Crippen molar-refractivity contribution in [3.8, 4) is 0 Å². The van der Waals surface area contributed by atoms with Gasteiger partial charge in [0.05, 0.1) is 6.04 Å². The van der Waals surface area contributed by atoms with Crippen molar-refractivity contribution in [2.45, 2.75) is 44.2 Å². The molecule has 1 aromatic rings. The minimum atomic E-state index is -1.13. The summed E-state index contributed by atoms with van der Waals surface area (Å²) in [6.45, 7) is 0.841. The van der Waals surface area contributed by atoms with Crippen molar-refractivity contribution in [3.05, 3.63) is 28.8 Å². The molecule has 3 fully saturated rings. The molecule has 1 saturated carbocycles. The summed E-state index contributed by atoms with van der Waals surface area (Å²) in [5.41, 5.74) is 0.834. The van der Waals surface area contributed by atoms with Gasteiger partial charge in [-0.3, -0.25) is 14.5 Å². The summed E-state index contributed by atoms with van der Waals surface area (Å²) in [5, 5.41) is 3.71. The van der Waals surface area contributed by atoms with Crippen LogP contribution in [0.15, 0.2) is 18.2 Å². The van der Waals surface area contributed by atoms with Crippen molar-refractivity contribution in [3.63, 3.8) is 0 Å².